The molecule has 0 aromatic heterocycles. The highest BCUT2D eigenvalue weighted by Crippen LogP contribution is 2.34. The van der Waals surface area contributed by atoms with E-state index in [1.807, 2.05) is 12.1 Å². The third-order valence-corrected chi connectivity index (χ3v) is 3.87. The monoisotopic (exact) mass is 316 g/mol. The summed E-state index contributed by atoms with van der Waals surface area (Å²) < 4.78 is 18.5. The fraction of sp³-hybridized carbons (Fsp3) is 0.533. The summed E-state index contributed by atoms with van der Waals surface area (Å²) in [4.78, 5) is 11.6. The van der Waals surface area contributed by atoms with E-state index >= 15 is 0 Å². The number of amides is 1. The minimum Gasteiger partial charge on any atom is -0.381 e. The first-order valence-corrected chi connectivity index (χ1v) is 6.91. The molecule has 21 heavy (non-hydrogen) atoms. The summed E-state index contributed by atoms with van der Waals surface area (Å²) >= 11 is 0. The Bertz CT molecular complexity index is 447. The van der Waals surface area contributed by atoms with Gasteiger partial charge in [0, 0.05) is 25.2 Å². The third-order valence-electron chi connectivity index (χ3n) is 3.87. The first-order chi connectivity index (χ1) is 9.66. The minimum absolute atomic E-state index is 0. The van der Waals surface area contributed by atoms with Crippen LogP contribution in [0.2, 0.25) is 0 Å². The number of halogens is 2. The van der Waals surface area contributed by atoms with E-state index in [0.717, 1.165) is 18.4 Å². The van der Waals surface area contributed by atoms with Gasteiger partial charge < -0.3 is 15.4 Å². The van der Waals surface area contributed by atoms with Crippen molar-refractivity contribution >= 4 is 18.3 Å². The van der Waals surface area contributed by atoms with Crippen molar-refractivity contribution in [3.8, 4) is 0 Å². The Morgan fingerprint density at radius 1 is 1.29 bits per heavy atom. The van der Waals surface area contributed by atoms with Crippen molar-refractivity contribution in [2.75, 3.05) is 33.4 Å². The van der Waals surface area contributed by atoms with E-state index in [1.54, 1.807) is 7.05 Å². The van der Waals surface area contributed by atoms with E-state index in [0.29, 0.717) is 26.3 Å². The molecular weight excluding hydrogens is 295 g/mol. The maximum Gasteiger partial charge on any atom is 0.233 e. The maximum absolute atomic E-state index is 13.1. The van der Waals surface area contributed by atoms with Crippen molar-refractivity contribution in [2.24, 2.45) is 0 Å². The zero-order valence-corrected chi connectivity index (χ0v) is 13.0. The number of nitrogens with one attached hydrogen (secondary N) is 2. The van der Waals surface area contributed by atoms with Crippen molar-refractivity contribution in [2.45, 2.75) is 18.3 Å². The van der Waals surface area contributed by atoms with Gasteiger partial charge in [0.2, 0.25) is 5.91 Å². The molecule has 1 saturated heterocycles. The van der Waals surface area contributed by atoms with E-state index in [4.69, 9.17) is 4.74 Å². The smallest absolute Gasteiger partial charge is 0.233 e. The van der Waals surface area contributed by atoms with Gasteiger partial charge in [0.1, 0.15) is 5.82 Å². The number of carbonyl (C=O) groups is 1. The molecule has 0 atom stereocenters. The maximum atomic E-state index is 13.1. The quantitative estimate of drug-likeness (QED) is 0.868. The molecule has 2 rings (SSSR count). The van der Waals surface area contributed by atoms with E-state index in [-0.39, 0.29) is 29.5 Å². The van der Waals surface area contributed by atoms with Crippen molar-refractivity contribution in [3.05, 3.63) is 35.6 Å². The first-order valence-electron chi connectivity index (χ1n) is 6.91. The van der Waals surface area contributed by atoms with Crippen LogP contribution in [0.15, 0.2) is 24.3 Å². The Morgan fingerprint density at radius 3 is 2.48 bits per heavy atom. The van der Waals surface area contributed by atoms with Crippen molar-refractivity contribution in [3.63, 3.8) is 0 Å². The molecule has 1 aliphatic heterocycles. The summed E-state index contributed by atoms with van der Waals surface area (Å²) in [6, 6.07) is 6.57. The lowest BCUT2D eigenvalue weighted by atomic mass is 9.74. The molecule has 118 valence electrons. The molecule has 0 saturated carbocycles. The predicted molar refractivity (Wildman–Crippen MR) is 82.3 cm³/mol. The molecule has 1 heterocycles. The standard InChI is InChI=1S/C15H21FN2O2.ClH/c1-17-10-14(19)18-11-15(6-8-20-9-7-15)12-2-4-13(16)5-3-12;/h2-5,17H,6-11H2,1H3,(H,18,19);1H. The van der Waals surface area contributed by atoms with Gasteiger partial charge in [-0.15, -0.1) is 12.4 Å². The Labute approximate surface area is 130 Å². The average Bonchev–Trinajstić information content (AvgIpc) is 2.47. The van der Waals surface area contributed by atoms with E-state index in [9.17, 15) is 9.18 Å². The highest BCUT2D eigenvalue weighted by Gasteiger charge is 2.34. The molecule has 0 radical (unpaired) electrons. The first kappa shape index (κ1) is 17.9. The topological polar surface area (TPSA) is 50.4 Å². The lowest BCUT2D eigenvalue weighted by molar-refractivity contribution is -0.120. The Kier molecular flexibility index (Phi) is 7.08. The van der Waals surface area contributed by atoms with E-state index in [1.165, 1.54) is 12.1 Å². The third kappa shape index (κ3) is 4.66. The molecule has 1 fully saturated rings. The van der Waals surface area contributed by atoms with Crippen LogP contribution in [0.1, 0.15) is 18.4 Å². The van der Waals surface area contributed by atoms with Crippen molar-refractivity contribution in [1.82, 2.24) is 10.6 Å². The van der Waals surface area contributed by atoms with Crippen LogP contribution in [0.5, 0.6) is 0 Å². The van der Waals surface area contributed by atoms with Crippen LogP contribution in [0.25, 0.3) is 0 Å². The van der Waals surface area contributed by atoms with Gasteiger partial charge >= 0.3 is 0 Å². The summed E-state index contributed by atoms with van der Waals surface area (Å²) in [5.41, 5.74) is 0.905. The molecule has 4 nitrogen and oxygen atoms in total. The number of ether oxygens (including phenoxy) is 1. The van der Waals surface area contributed by atoms with Crippen LogP contribution in [0, 0.1) is 5.82 Å². The van der Waals surface area contributed by atoms with Crippen LogP contribution >= 0.6 is 12.4 Å². The molecular formula is C15H22ClFN2O2. The van der Waals surface area contributed by atoms with Crippen LogP contribution in [0.3, 0.4) is 0 Å². The molecule has 1 aromatic rings. The average molecular weight is 317 g/mol. The molecule has 0 aliphatic carbocycles. The van der Waals surface area contributed by atoms with E-state index < -0.39 is 0 Å². The summed E-state index contributed by atoms with van der Waals surface area (Å²) in [6.07, 6.45) is 1.66. The van der Waals surface area contributed by atoms with Crippen molar-refractivity contribution in [1.29, 1.82) is 0 Å². The molecule has 0 spiro atoms. The molecule has 1 aromatic carbocycles. The highest BCUT2D eigenvalue weighted by atomic mass is 35.5. The summed E-state index contributed by atoms with van der Waals surface area (Å²) in [5.74, 6) is -0.268. The Morgan fingerprint density at radius 2 is 1.90 bits per heavy atom. The van der Waals surface area contributed by atoms with E-state index in [2.05, 4.69) is 10.6 Å². The normalized spacial score (nSPS) is 16.9. The van der Waals surface area contributed by atoms with Gasteiger partial charge in [0.05, 0.1) is 6.54 Å². The molecule has 0 unspecified atom stereocenters. The molecule has 2 N–H and O–H groups in total. The van der Waals surface area contributed by atoms with Crippen LogP contribution in [-0.2, 0) is 14.9 Å². The van der Waals surface area contributed by atoms with Gasteiger partial charge in [-0.25, -0.2) is 4.39 Å². The molecule has 6 heteroatoms. The SMILES string of the molecule is CNCC(=O)NCC1(c2ccc(F)cc2)CCOCC1.Cl. The van der Waals surface area contributed by atoms with Gasteiger partial charge in [-0.3, -0.25) is 4.79 Å². The second-order valence-corrected chi connectivity index (χ2v) is 5.21. The van der Waals surface area contributed by atoms with Gasteiger partial charge in [-0.05, 0) is 37.6 Å². The number of likely N-dealkylation sites (N-methyl/N-ethyl adjacent to an activating group) is 1. The zero-order chi connectivity index (χ0) is 14.4. The Balaban J connectivity index is 0.00000220. The fourth-order valence-corrected chi connectivity index (χ4v) is 2.62. The molecule has 0 bridgehead atoms. The number of carbonyl (C=O) groups excluding carboxylic acids is 1. The lowest BCUT2D eigenvalue weighted by Gasteiger charge is -2.38. The van der Waals surface area contributed by atoms with Crippen molar-refractivity contribution < 1.29 is 13.9 Å². The summed E-state index contributed by atoms with van der Waals surface area (Å²) in [6.45, 7) is 2.19. The zero-order valence-electron chi connectivity index (χ0n) is 12.2. The fourth-order valence-electron chi connectivity index (χ4n) is 2.62. The molecule has 1 amide bonds. The lowest BCUT2D eigenvalue weighted by Crippen LogP contribution is -2.46. The van der Waals surface area contributed by atoms with Gasteiger partial charge in [-0.2, -0.15) is 0 Å². The van der Waals surface area contributed by atoms with Crippen LogP contribution in [0.4, 0.5) is 4.39 Å². The number of hydrogen-bond acceptors (Lipinski definition) is 3. The highest BCUT2D eigenvalue weighted by molar-refractivity contribution is 5.85. The summed E-state index contributed by atoms with van der Waals surface area (Å²) in [7, 11) is 1.74. The largest absolute Gasteiger partial charge is 0.381 e. The second kappa shape index (κ2) is 8.32. The molecule has 1 aliphatic rings. The second-order valence-electron chi connectivity index (χ2n) is 5.21. The van der Waals surface area contributed by atoms with Gasteiger partial charge in [0.15, 0.2) is 0 Å². The van der Waals surface area contributed by atoms with Gasteiger partial charge in [0.25, 0.3) is 0 Å². The minimum atomic E-state index is -0.241. The number of hydrogen-bond donors (Lipinski definition) is 2. The summed E-state index contributed by atoms with van der Waals surface area (Å²) in [5, 5.41) is 5.79. The number of rotatable bonds is 5. The Hall–Kier alpha value is -1.17. The number of benzene rings is 1. The predicted octanol–water partition coefficient (Wildman–Crippen LogP) is 1.63. The van der Waals surface area contributed by atoms with Gasteiger partial charge in [-0.1, -0.05) is 12.1 Å². The van der Waals surface area contributed by atoms with Crippen LogP contribution < -0.4 is 10.6 Å². The van der Waals surface area contributed by atoms with Crippen LogP contribution in [-0.4, -0.2) is 39.3 Å².